The van der Waals surface area contributed by atoms with E-state index in [-0.39, 0.29) is 28.1 Å². The van der Waals surface area contributed by atoms with Gasteiger partial charge in [-0.1, -0.05) is 103 Å². The van der Waals surface area contributed by atoms with E-state index in [2.05, 4.69) is 12.2 Å². The fraction of sp³-hybridized carbons (Fsp3) is 0.194. The van der Waals surface area contributed by atoms with Gasteiger partial charge in [-0.2, -0.15) is 0 Å². The molecule has 3 aliphatic rings. The first-order chi connectivity index (χ1) is 20.9. The molecule has 4 aromatic carbocycles. The zero-order valence-electron chi connectivity index (χ0n) is 23.4. The van der Waals surface area contributed by atoms with Crippen LogP contribution >= 0.6 is 23.2 Å². The summed E-state index contributed by atoms with van der Waals surface area (Å²) in [4.78, 5) is 46.1. The third-order valence-corrected chi connectivity index (χ3v) is 9.64. The minimum absolute atomic E-state index is 0.197. The van der Waals surface area contributed by atoms with Gasteiger partial charge in [0.1, 0.15) is 11.5 Å². The van der Waals surface area contributed by atoms with E-state index in [9.17, 15) is 14.4 Å². The molecule has 0 aliphatic carbocycles. The van der Waals surface area contributed by atoms with E-state index in [1.54, 1.807) is 12.1 Å². The number of halogens is 2. The highest BCUT2D eigenvalue weighted by Gasteiger charge is 2.70. The number of fused-ring (bicyclic) bond motifs is 6. The number of hydrogen-bond donors (Lipinski definition) is 1. The molecule has 0 radical (unpaired) electrons. The van der Waals surface area contributed by atoms with Crippen molar-refractivity contribution in [3.8, 4) is 0 Å². The molecule has 3 aliphatic heterocycles. The van der Waals surface area contributed by atoms with Crippen molar-refractivity contribution in [1.82, 2.24) is 4.90 Å². The van der Waals surface area contributed by atoms with Crippen LogP contribution in [0.2, 0.25) is 10.0 Å². The highest BCUT2D eigenvalue weighted by Crippen LogP contribution is 2.62. The van der Waals surface area contributed by atoms with Crippen LogP contribution in [-0.4, -0.2) is 28.4 Å². The van der Waals surface area contributed by atoms with Crippen molar-refractivity contribution in [2.75, 3.05) is 5.32 Å². The van der Waals surface area contributed by atoms with Crippen molar-refractivity contribution in [3.05, 3.63) is 141 Å². The number of Topliss-reactive ketones (excluding diaryl/α,β-unsaturated/α-hetero) is 2. The lowest BCUT2D eigenvalue weighted by atomic mass is 9.62. The smallest absolute Gasteiger partial charge is 0.238 e. The molecule has 1 saturated heterocycles. The zero-order valence-corrected chi connectivity index (χ0v) is 24.9. The Labute approximate surface area is 260 Å². The fourth-order valence-electron chi connectivity index (χ4n) is 7.32. The summed E-state index contributed by atoms with van der Waals surface area (Å²) in [5.41, 5.74) is 3.61. The third kappa shape index (κ3) is 4.10. The Hall–Kier alpha value is -4.19. The summed E-state index contributed by atoms with van der Waals surface area (Å²) in [6.07, 6.45) is 5.67. The molecule has 1 fully saturated rings. The third-order valence-electron chi connectivity index (χ3n) is 9.10. The van der Waals surface area contributed by atoms with Gasteiger partial charge in [-0.15, -0.1) is 0 Å². The number of amides is 1. The number of hydrogen-bond acceptors (Lipinski definition) is 4. The van der Waals surface area contributed by atoms with Gasteiger partial charge in [-0.05, 0) is 59.0 Å². The van der Waals surface area contributed by atoms with Gasteiger partial charge in [0.05, 0.1) is 17.0 Å². The van der Waals surface area contributed by atoms with Gasteiger partial charge in [0, 0.05) is 28.0 Å². The van der Waals surface area contributed by atoms with Crippen LogP contribution in [0.15, 0.2) is 97.2 Å². The first kappa shape index (κ1) is 27.6. The maximum absolute atomic E-state index is 14.9. The maximum Gasteiger partial charge on any atom is 0.238 e. The first-order valence-electron chi connectivity index (χ1n) is 14.4. The molecule has 0 saturated carbocycles. The number of carbonyl (C=O) groups excluding carboxylic acids is 3. The summed E-state index contributed by atoms with van der Waals surface area (Å²) in [6, 6.07) is 26.0. The largest absolute Gasteiger partial charge is 0.358 e. The molecule has 0 aromatic heterocycles. The lowest BCUT2D eigenvalue weighted by molar-refractivity contribution is -0.122. The Morgan fingerprint density at radius 2 is 1.65 bits per heavy atom. The summed E-state index contributed by atoms with van der Waals surface area (Å²) < 4.78 is 0. The van der Waals surface area contributed by atoms with Crippen LogP contribution in [0.4, 0.5) is 5.69 Å². The van der Waals surface area contributed by atoms with Gasteiger partial charge in [0.25, 0.3) is 0 Å². The zero-order chi connectivity index (χ0) is 29.9. The van der Waals surface area contributed by atoms with Gasteiger partial charge in [0.15, 0.2) is 11.6 Å². The summed E-state index contributed by atoms with van der Waals surface area (Å²) in [5.74, 6) is -1.97. The first-order valence-corrected chi connectivity index (χ1v) is 15.2. The number of rotatable bonds is 6. The minimum Gasteiger partial charge on any atom is -0.358 e. The fourth-order valence-corrected chi connectivity index (χ4v) is 7.82. The van der Waals surface area contributed by atoms with E-state index in [4.69, 9.17) is 23.2 Å². The Kier molecular flexibility index (Phi) is 6.76. The molecular formula is C36H28Cl2N2O3. The van der Waals surface area contributed by atoms with Gasteiger partial charge in [-0.25, -0.2) is 0 Å². The Balaban J connectivity index is 1.51. The molecule has 0 unspecified atom stereocenters. The lowest BCUT2D eigenvalue weighted by Crippen LogP contribution is -2.49. The maximum atomic E-state index is 14.9. The molecule has 7 rings (SSSR count). The second-order valence-electron chi connectivity index (χ2n) is 11.4. The van der Waals surface area contributed by atoms with Crippen LogP contribution in [0.5, 0.6) is 0 Å². The highest BCUT2D eigenvalue weighted by molar-refractivity contribution is 6.37. The Morgan fingerprint density at radius 1 is 0.907 bits per heavy atom. The summed E-state index contributed by atoms with van der Waals surface area (Å²) in [5, 5.41) is 3.68. The van der Waals surface area contributed by atoms with Crippen LogP contribution in [0.3, 0.4) is 0 Å². The SMILES string of the molecule is CCCc1ccc(C(=O)[C@@H]2[C@H](C(=O)c3ccc(Cl)cc3Cl)N3C=Cc4ccccc4[C@H]3[C@@]23C(=O)Nc2ccccc23)cc1. The summed E-state index contributed by atoms with van der Waals surface area (Å²) in [7, 11) is 0. The van der Waals surface area contributed by atoms with Crippen molar-refractivity contribution in [2.24, 2.45) is 5.92 Å². The summed E-state index contributed by atoms with van der Waals surface area (Å²) in [6.45, 7) is 2.11. The second kappa shape index (κ2) is 10.5. The number of para-hydroxylation sites is 1. The number of ketones is 2. The van der Waals surface area contributed by atoms with Crippen LogP contribution in [0.25, 0.3) is 6.08 Å². The average Bonchev–Trinajstić information content (AvgIpc) is 3.49. The van der Waals surface area contributed by atoms with Crippen LogP contribution in [0, 0.1) is 5.92 Å². The minimum atomic E-state index is -1.39. The van der Waals surface area contributed by atoms with E-state index in [1.165, 1.54) is 6.07 Å². The molecule has 4 aromatic rings. The molecule has 4 atom stereocenters. The molecule has 7 heteroatoms. The van der Waals surface area contributed by atoms with Crippen molar-refractivity contribution >= 4 is 52.4 Å². The Morgan fingerprint density at radius 3 is 2.42 bits per heavy atom. The van der Waals surface area contributed by atoms with E-state index in [1.807, 2.05) is 90.0 Å². The second-order valence-corrected chi connectivity index (χ2v) is 12.2. The predicted molar refractivity (Wildman–Crippen MR) is 170 cm³/mol. The van der Waals surface area contributed by atoms with Gasteiger partial charge < -0.3 is 10.2 Å². The molecule has 214 valence electrons. The average molecular weight is 608 g/mol. The number of anilines is 1. The van der Waals surface area contributed by atoms with Crippen molar-refractivity contribution in [2.45, 2.75) is 37.3 Å². The molecular weight excluding hydrogens is 579 g/mol. The van der Waals surface area contributed by atoms with E-state index < -0.39 is 23.4 Å². The molecule has 43 heavy (non-hydrogen) atoms. The lowest BCUT2D eigenvalue weighted by Gasteiger charge is -2.38. The molecule has 1 spiro atoms. The van der Waals surface area contributed by atoms with Crippen LogP contribution in [-0.2, 0) is 16.6 Å². The van der Waals surface area contributed by atoms with E-state index in [0.717, 1.165) is 29.5 Å². The molecule has 3 heterocycles. The molecule has 1 N–H and O–H groups in total. The Bertz CT molecular complexity index is 1830. The number of nitrogens with one attached hydrogen (secondary N) is 1. The molecule has 5 nitrogen and oxygen atoms in total. The number of benzene rings is 4. The standard InChI is InChI=1S/C36H28Cl2N2O3/c1-2-7-21-12-14-23(15-13-21)32(41)30-31(33(42)26-17-16-24(37)20-28(26)38)40-19-18-22-8-3-4-9-25(22)34(40)36(30)27-10-5-6-11-29(27)39-35(36)43/h3-6,8-20,30-31,34H,2,7H2,1H3,(H,39,43)/t30-,31+,34-,36-/m0/s1. The van der Waals surface area contributed by atoms with Gasteiger partial charge >= 0.3 is 0 Å². The predicted octanol–water partition coefficient (Wildman–Crippen LogP) is 7.93. The van der Waals surface area contributed by atoms with E-state index >= 15 is 0 Å². The molecule has 0 bridgehead atoms. The van der Waals surface area contributed by atoms with Crippen molar-refractivity contribution in [3.63, 3.8) is 0 Å². The van der Waals surface area contributed by atoms with Gasteiger partial charge in [-0.3, -0.25) is 14.4 Å². The topological polar surface area (TPSA) is 66.5 Å². The normalized spacial score (nSPS) is 23.1. The van der Waals surface area contributed by atoms with Crippen molar-refractivity contribution < 1.29 is 14.4 Å². The number of carbonyl (C=O) groups is 3. The number of aryl methyl sites for hydroxylation is 1. The number of nitrogens with zero attached hydrogens (tertiary/aromatic N) is 1. The quantitative estimate of drug-likeness (QED) is 0.226. The summed E-state index contributed by atoms with van der Waals surface area (Å²) >= 11 is 12.8. The van der Waals surface area contributed by atoms with Crippen molar-refractivity contribution in [1.29, 1.82) is 0 Å². The monoisotopic (exact) mass is 606 g/mol. The van der Waals surface area contributed by atoms with Crippen LogP contribution < -0.4 is 5.32 Å². The van der Waals surface area contributed by atoms with E-state index in [0.29, 0.717) is 21.8 Å². The molecule has 1 amide bonds. The van der Waals surface area contributed by atoms with Gasteiger partial charge in [0.2, 0.25) is 5.91 Å². The highest BCUT2D eigenvalue weighted by atomic mass is 35.5. The van der Waals surface area contributed by atoms with Crippen LogP contribution in [0.1, 0.15) is 62.4 Å².